The monoisotopic (exact) mass is 197 g/mol. The maximum atomic E-state index is 12.1. The molecular formula is C5H6F3N3O2. The van der Waals surface area contributed by atoms with Gasteiger partial charge in [0.15, 0.2) is 6.04 Å². The lowest BCUT2D eigenvalue weighted by molar-refractivity contribution is -0.165. The van der Waals surface area contributed by atoms with E-state index >= 15 is 0 Å². The summed E-state index contributed by atoms with van der Waals surface area (Å²) in [6, 6.07) is -5.29. The van der Waals surface area contributed by atoms with Crippen molar-refractivity contribution in [1.29, 1.82) is 0 Å². The molecule has 1 rings (SSSR count). The molecule has 74 valence electrons. The van der Waals surface area contributed by atoms with E-state index < -0.39 is 30.2 Å². The summed E-state index contributed by atoms with van der Waals surface area (Å²) < 4.78 is 36.2. The topological polar surface area (TPSA) is 84.2 Å². The number of hydrogen-bond donors (Lipinski definition) is 3. The Balaban J connectivity index is 2.84. The van der Waals surface area contributed by atoms with E-state index in [0.717, 1.165) is 0 Å². The van der Waals surface area contributed by atoms with E-state index in [0.29, 0.717) is 0 Å². The number of alkyl halides is 3. The normalized spacial score (nSPS) is 29.5. The van der Waals surface area contributed by atoms with Gasteiger partial charge in [-0.2, -0.15) is 13.2 Å². The van der Waals surface area contributed by atoms with E-state index in [1.54, 1.807) is 5.32 Å². The Morgan fingerprint density at radius 2 is 1.85 bits per heavy atom. The predicted octanol–water partition coefficient (Wildman–Crippen LogP) is -0.916. The SMILES string of the molecule is NC1C(=O)NC(=O)NC1C(F)(F)F. The number of amides is 3. The molecule has 1 saturated heterocycles. The number of nitrogens with one attached hydrogen (secondary N) is 2. The van der Waals surface area contributed by atoms with E-state index in [-0.39, 0.29) is 0 Å². The van der Waals surface area contributed by atoms with Crippen LogP contribution in [-0.4, -0.2) is 30.2 Å². The van der Waals surface area contributed by atoms with Crippen molar-refractivity contribution in [2.75, 3.05) is 0 Å². The molecule has 0 aromatic rings. The third-order valence-corrected chi connectivity index (χ3v) is 1.54. The van der Waals surface area contributed by atoms with Crippen LogP contribution in [-0.2, 0) is 4.79 Å². The number of nitrogens with two attached hydrogens (primary N) is 1. The van der Waals surface area contributed by atoms with E-state index in [2.05, 4.69) is 0 Å². The summed E-state index contributed by atoms with van der Waals surface area (Å²) in [6.07, 6.45) is -4.72. The molecule has 0 bridgehead atoms. The van der Waals surface area contributed by atoms with Crippen molar-refractivity contribution < 1.29 is 22.8 Å². The van der Waals surface area contributed by atoms with Crippen LogP contribution in [0.25, 0.3) is 0 Å². The van der Waals surface area contributed by atoms with Crippen LogP contribution >= 0.6 is 0 Å². The molecule has 0 spiro atoms. The van der Waals surface area contributed by atoms with Crippen molar-refractivity contribution >= 4 is 11.9 Å². The van der Waals surface area contributed by atoms with Gasteiger partial charge in [-0.15, -0.1) is 0 Å². The summed E-state index contributed by atoms with van der Waals surface area (Å²) in [5.41, 5.74) is 4.92. The molecule has 0 aromatic heterocycles. The predicted molar refractivity (Wildman–Crippen MR) is 34.5 cm³/mol. The van der Waals surface area contributed by atoms with E-state index in [1.807, 2.05) is 0 Å². The molecule has 0 aliphatic carbocycles. The molecule has 3 amide bonds. The van der Waals surface area contributed by atoms with Gasteiger partial charge in [-0.3, -0.25) is 10.1 Å². The van der Waals surface area contributed by atoms with Crippen molar-refractivity contribution in [1.82, 2.24) is 10.6 Å². The van der Waals surface area contributed by atoms with Crippen LogP contribution in [0.3, 0.4) is 0 Å². The minimum atomic E-state index is -4.72. The average Bonchev–Trinajstić information content (AvgIpc) is 1.94. The van der Waals surface area contributed by atoms with Crippen molar-refractivity contribution in [3.05, 3.63) is 0 Å². The number of carbonyl (C=O) groups is 2. The van der Waals surface area contributed by atoms with E-state index in [9.17, 15) is 22.8 Å². The zero-order chi connectivity index (χ0) is 10.2. The van der Waals surface area contributed by atoms with Crippen LogP contribution in [0.15, 0.2) is 0 Å². The van der Waals surface area contributed by atoms with Crippen molar-refractivity contribution in [2.45, 2.75) is 18.3 Å². The quantitative estimate of drug-likeness (QED) is 0.469. The van der Waals surface area contributed by atoms with Gasteiger partial charge in [0.05, 0.1) is 0 Å². The van der Waals surface area contributed by atoms with Crippen LogP contribution in [0.5, 0.6) is 0 Å². The minimum Gasteiger partial charge on any atom is -0.324 e. The van der Waals surface area contributed by atoms with E-state index in [1.165, 1.54) is 5.32 Å². The average molecular weight is 197 g/mol. The number of urea groups is 1. The lowest BCUT2D eigenvalue weighted by Gasteiger charge is -2.30. The summed E-state index contributed by atoms with van der Waals surface area (Å²) in [7, 11) is 0. The highest BCUT2D eigenvalue weighted by Gasteiger charge is 2.49. The van der Waals surface area contributed by atoms with Gasteiger partial charge >= 0.3 is 12.2 Å². The Labute approximate surface area is 70.5 Å². The third kappa shape index (κ3) is 1.89. The Morgan fingerprint density at radius 1 is 1.31 bits per heavy atom. The van der Waals surface area contributed by atoms with Crippen LogP contribution in [0, 0.1) is 0 Å². The summed E-state index contributed by atoms with van der Waals surface area (Å²) in [5, 5.41) is 3.13. The van der Waals surface area contributed by atoms with Gasteiger partial charge in [-0.25, -0.2) is 4.79 Å². The second kappa shape index (κ2) is 2.87. The number of carbonyl (C=O) groups excluding carboxylic acids is 2. The van der Waals surface area contributed by atoms with Gasteiger partial charge in [0.2, 0.25) is 5.91 Å². The molecule has 0 radical (unpaired) electrons. The Kier molecular flexibility index (Phi) is 2.16. The first-order valence-electron chi connectivity index (χ1n) is 3.26. The lowest BCUT2D eigenvalue weighted by atomic mass is 10.1. The molecule has 8 heteroatoms. The highest BCUT2D eigenvalue weighted by atomic mass is 19.4. The fraction of sp³-hybridized carbons (Fsp3) is 0.600. The Bertz CT molecular complexity index is 252. The largest absolute Gasteiger partial charge is 0.410 e. The van der Waals surface area contributed by atoms with Gasteiger partial charge < -0.3 is 11.1 Å². The maximum absolute atomic E-state index is 12.1. The maximum Gasteiger partial charge on any atom is 0.410 e. The van der Waals surface area contributed by atoms with Crippen molar-refractivity contribution in [3.8, 4) is 0 Å². The third-order valence-electron chi connectivity index (χ3n) is 1.54. The summed E-state index contributed by atoms with van der Waals surface area (Å²) in [5.74, 6) is -1.13. The fourth-order valence-electron chi connectivity index (χ4n) is 0.899. The number of imide groups is 1. The van der Waals surface area contributed by atoms with Crippen LogP contribution in [0.4, 0.5) is 18.0 Å². The molecule has 0 saturated carbocycles. The first kappa shape index (κ1) is 9.78. The molecule has 5 nitrogen and oxygen atoms in total. The molecule has 1 fully saturated rings. The van der Waals surface area contributed by atoms with Gasteiger partial charge in [0.25, 0.3) is 0 Å². The first-order chi connectivity index (χ1) is 5.82. The number of rotatable bonds is 0. The molecule has 2 unspecified atom stereocenters. The molecule has 4 N–H and O–H groups in total. The second-order valence-corrected chi connectivity index (χ2v) is 2.51. The minimum absolute atomic E-state index is 1.13. The fourth-order valence-corrected chi connectivity index (χ4v) is 0.899. The highest BCUT2D eigenvalue weighted by Crippen LogP contribution is 2.23. The van der Waals surface area contributed by atoms with Gasteiger partial charge in [0.1, 0.15) is 6.04 Å². The first-order valence-corrected chi connectivity index (χ1v) is 3.26. The van der Waals surface area contributed by atoms with Crippen molar-refractivity contribution in [2.24, 2.45) is 5.73 Å². The molecule has 1 heterocycles. The zero-order valence-electron chi connectivity index (χ0n) is 6.18. The van der Waals surface area contributed by atoms with Gasteiger partial charge in [-0.1, -0.05) is 0 Å². The lowest BCUT2D eigenvalue weighted by Crippen LogP contribution is -2.68. The highest BCUT2D eigenvalue weighted by molar-refractivity contribution is 6.00. The standard InChI is InChI=1S/C5H6F3N3O2/c6-5(7,8)2-1(9)3(12)11-4(13)10-2/h1-2H,9H2,(H2,10,11,12,13). The van der Waals surface area contributed by atoms with Crippen LogP contribution in [0.1, 0.15) is 0 Å². The number of halogens is 3. The summed E-state index contributed by atoms with van der Waals surface area (Å²) in [4.78, 5) is 21.1. The smallest absolute Gasteiger partial charge is 0.324 e. The molecule has 0 aromatic carbocycles. The molecule has 2 atom stereocenters. The molecule has 1 aliphatic heterocycles. The van der Waals surface area contributed by atoms with Gasteiger partial charge in [0, 0.05) is 0 Å². The van der Waals surface area contributed by atoms with Crippen LogP contribution < -0.4 is 16.4 Å². The van der Waals surface area contributed by atoms with E-state index in [4.69, 9.17) is 5.73 Å². The molecular weight excluding hydrogens is 191 g/mol. The van der Waals surface area contributed by atoms with Crippen molar-refractivity contribution in [3.63, 3.8) is 0 Å². The summed E-state index contributed by atoms with van der Waals surface area (Å²) >= 11 is 0. The van der Waals surface area contributed by atoms with Crippen LogP contribution in [0.2, 0.25) is 0 Å². The Morgan fingerprint density at radius 3 is 2.31 bits per heavy atom. The molecule has 13 heavy (non-hydrogen) atoms. The molecule has 1 aliphatic rings. The second-order valence-electron chi connectivity index (χ2n) is 2.51. The summed E-state index contributed by atoms with van der Waals surface area (Å²) in [6.45, 7) is 0. The zero-order valence-corrected chi connectivity index (χ0v) is 6.18. The Hall–Kier alpha value is -1.31. The number of hydrogen-bond acceptors (Lipinski definition) is 3. The van der Waals surface area contributed by atoms with Gasteiger partial charge in [-0.05, 0) is 0 Å².